The summed E-state index contributed by atoms with van der Waals surface area (Å²) in [6.45, 7) is 2.68. The molecule has 2 fully saturated rings. The molecule has 4 nitrogen and oxygen atoms in total. The lowest BCUT2D eigenvalue weighted by molar-refractivity contribution is -0.119. The third-order valence-corrected chi connectivity index (χ3v) is 3.95. The highest BCUT2D eigenvalue weighted by atomic mass is 16.3. The molecule has 17 heavy (non-hydrogen) atoms. The molecule has 0 unspecified atom stereocenters. The number of carbonyl (C=O) groups is 1. The van der Waals surface area contributed by atoms with Crippen molar-refractivity contribution < 1.29 is 9.90 Å². The minimum Gasteiger partial charge on any atom is -0.395 e. The van der Waals surface area contributed by atoms with E-state index in [0.717, 1.165) is 38.3 Å². The number of nitrogens with one attached hydrogen (secondary N) is 1. The van der Waals surface area contributed by atoms with Crippen LogP contribution >= 0.6 is 0 Å². The lowest BCUT2D eigenvalue weighted by Crippen LogP contribution is -2.45. The molecular formula is C13H24N2O2. The van der Waals surface area contributed by atoms with Gasteiger partial charge in [0.2, 0.25) is 5.91 Å². The Bertz CT molecular complexity index is 258. The van der Waals surface area contributed by atoms with Crippen LogP contribution in [-0.4, -0.2) is 47.2 Å². The van der Waals surface area contributed by atoms with Gasteiger partial charge in [-0.05, 0) is 38.5 Å². The predicted molar refractivity (Wildman–Crippen MR) is 66.7 cm³/mol. The van der Waals surface area contributed by atoms with E-state index >= 15 is 0 Å². The third kappa shape index (κ3) is 3.68. The summed E-state index contributed by atoms with van der Waals surface area (Å²) >= 11 is 0. The molecule has 0 bridgehead atoms. The molecule has 1 amide bonds. The summed E-state index contributed by atoms with van der Waals surface area (Å²) in [4.78, 5) is 13.5. The van der Waals surface area contributed by atoms with Crippen molar-refractivity contribution in [3.63, 3.8) is 0 Å². The Kier molecular flexibility index (Phi) is 4.40. The van der Waals surface area contributed by atoms with Crippen LogP contribution in [0.25, 0.3) is 0 Å². The number of rotatable bonds is 5. The van der Waals surface area contributed by atoms with Gasteiger partial charge in [0.1, 0.15) is 0 Å². The molecule has 4 heteroatoms. The third-order valence-electron chi connectivity index (χ3n) is 3.95. The van der Waals surface area contributed by atoms with Crippen LogP contribution in [0, 0.1) is 0 Å². The van der Waals surface area contributed by atoms with Gasteiger partial charge in [0.05, 0.1) is 6.61 Å². The van der Waals surface area contributed by atoms with Crippen molar-refractivity contribution in [1.82, 2.24) is 10.2 Å². The van der Waals surface area contributed by atoms with E-state index in [1.165, 1.54) is 12.8 Å². The molecule has 0 saturated heterocycles. The van der Waals surface area contributed by atoms with Crippen molar-refractivity contribution in [2.24, 2.45) is 0 Å². The van der Waals surface area contributed by atoms with Crippen molar-refractivity contribution in [2.75, 3.05) is 13.2 Å². The maximum absolute atomic E-state index is 11.0. The molecule has 0 spiro atoms. The van der Waals surface area contributed by atoms with E-state index in [0.29, 0.717) is 12.1 Å². The molecule has 0 aliphatic heterocycles. The van der Waals surface area contributed by atoms with Crippen LogP contribution in [0.3, 0.4) is 0 Å². The van der Waals surface area contributed by atoms with Gasteiger partial charge in [-0.25, -0.2) is 0 Å². The monoisotopic (exact) mass is 240 g/mol. The normalized spacial score (nSPS) is 29.4. The summed E-state index contributed by atoms with van der Waals surface area (Å²) in [5.74, 6) is 0.0860. The zero-order valence-corrected chi connectivity index (χ0v) is 10.7. The molecular weight excluding hydrogens is 216 g/mol. The maximum atomic E-state index is 11.0. The smallest absolute Gasteiger partial charge is 0.217 e. The number of carbonyl (C=O) groups excluding carboxylic acids is 1. The van der Waals surface area contributed by atoms with E-state index in [4.69, 9.17) is 5.11 Å². The van der Waals surface area contributed by atoms with Gasteiger partial charge in [0.25, 0.3) is 0 Å². The molecule has 2 aliphatic carbocycles. The first-order valence-corrected chi connectivity index (χ1v) is 6.84. The minimum atomic E-state index is 0.0860. The lowest BCUT2D eigenvalue weighted by Gasteiger charge is -2.37. The van der Waals surface area contributed by atoms with Crippen molar-refractivity contribution in [3.05, 3.63) is 0 Å². The number of hydrogen-bond acceptors (Lipinski definition) is 3. The van der Waals surface area contributed by atoms with Gasteiger partial charge in [0, 0.05) is 31.6 Å². The number of nitrogens with zero attached hydrogens (tertiary/aromatic N) is 1. The summed E-state index contributed by atoms with van der Waals surface area (Å²) < 4.78 is 0. The number of amides is 1. The first kappa shape index (κ1) is 12.8. The van der Waals surface area contributed by atoms with Gasteiger partial charge < -0.3 is 10.4 Å². The topological polar surface area (TPSA) is 52.6 Å². The second-order valence-corrected chi connectivity index (χ2v) is 5.40. The molecule has 0 aromatic rings. The first-order valence-electron chi connectivity index (χ1n) is 6.84. The molecule has 2 aliphatic rings. The summed E-state index contributed by atoms with van der Waals surface area (Å²) in [7, 11) is 0. The summed E-state index contributed by atoms with van der Waals surface area (Å²) in [6, 6.07) is 1.73. The Hall–Kier alpha value is -0.610. The zero-order valence-electron chi connectivity index (χ0n) is 10.7. The highest BCUT2D eigenvalue weighted by Crippen LogP contribution is 2.33. The van der Waals surface area contributed by atoms with Crippen molar-refractivity contribution in [2.45, 2.75) is 63.6 Å². The Balaban J connectivity index is 1.78. The van der Waals surface area contributed by atoms with Gasteiger partial charge in [0.15, 0.2) is 0 Å². The first-order chi connectivity index (χ1) is 8.20. The summed E-state index contributed by atoms with van der Waals surface area (Å²) in [6.07, 6.45) is 7.07. The van der Waals surface area contributed by atoms with E-state index < -0.39 is 0 Å². The molecule has 98 valence electrons. The van der Waals surface area contributed by atoms with Gasteiger partial charge in [-0.1, -0.05) is 0 Å². The molecule has 2 rings (SSSR count). The van der Waals surface area contributed by atoms with Crippen LogP contribution in [0.5, 0.6) is 0 Å². The fraction of sp³-hybridized carbons (Fsp3) is 0.923. The Morgan fingerprint density at radius 3 is 2.12 bits per heavy atom. The molecule has 2 N–H and O–H groups in total. The standard InChI is InChI=1S/C13H24N2O2/c1-10(17)14-11-2-4-12(5-3-11)15(8-9-16)13-6-7-13/h11-13,16H,2-9H2,1H3,(H,14,17). The quantitative estimate of drug-likeness (QED) is 0.750. The largest absolute Gasteiger partial charge is 0.395 e. The van der Waals surface area contributed by atoms with Crippen molar-refractivity contribution in [3.8, 4) is 0 Å². The van der Waals surface area contributed by atoms with Crippen molar-refractivity contribution in [1.29, 1.82) is 0 Å². The average molecular weight is 240 g/mol. The van der Waals surface area contributed by atoms with Gasteiger partial charge in [-0.2, -0.15) is 0 Å². The van der Waals surface area contributed by atoms with E-state index in [1.807, 2.05) is 0 Å². The number of aliphatic hydroxyl groups is 1. The lowest BCUT2D eigenvalue weighted by atomic mass is 9.90. The molecule has 2 saturated carbocycles. The van der Waals surface area contributed by atoms with Crippen LogP contribution in [0.1, 0.15) is 45.4 Å². The summed E-state index contributed by atoms with van der Waals surface area (Å²) in [5.41, 5.74) is 0. The van der Waals surface area contributed by atoms with E-state index in [9.17, 15) is 4.79 Å². The molecule has 0 aromatic carbocycles. The molecule has 0 atom stereocenters. The van der Waals surface area contributed by atoms with Crippen LogP contribution in [-0.2, 0) is 4.79 Å². The summed E-state index contributed by atoms with van der Waals surface area (Å²) in [5, 5.41) is 12.1. The predicted octanol–water partition coefficient (Wildman–Crippen LogP) is 0.890. The average Bonchev–Trinajstić information content (AvgIpc) is 3.10. The van der Waals surface area contributed by atoms with Crippen LogP contribution in [0.2, 0.25) is 0 Å². The molecule has 0 heterocycles. The SMILES string of the molecule is CC(=O)NC1CCC(N(CCO)C2CC2)CC1. The Labute approximate surface area is 103 Å². The van der Waals surface area contributed by atoms with E-state index in [1.54, 1.807) is 6.92 Å². The molecule has 0 aromatic heterocycles. The highest BCUT2D eigenvalue weighted by molar-refractivity contribution is 5.73. The zero-order chi connectivity index (χ0) is 12.3. The van der Waals surface area contributed by atoms with Gasteiger partial charge in [-0.15, -0.1) is 0 Å². The number of hydrogen-bond donors (Lipinski definition) is 2. The van der Waals surface area contributed by atoms with Crippen LogP contribution < -0.4 is 5.32 Å². The van der Waals surface area contributed by atoms with Gasteiger partial charge >= 0.3 is 0 Å². The van der Waals surface area contributed by atoms with E-state index in [-0.39, 0.29) is 12.5 Å². The van der Waals surface area contributed by atoms with Crippen LogP contribution in [0.4, 0.5) is 0 Å². The fourth-order valence-electron chi connectivity index (χ4n) is 3.02. The van der Waals surface area contributed by atoms with Crippen molar-refractivity contribution >= 4 is 5.91 Å². The fourth-order valence-corrected chi connectivity index (χ4v) is 3.02. The Morgan fingerprint density at radius 2 is 1.71 bits per heavy atom. The second-order valence-electron chi connectivity index (χ2n) is 5.40. The number of aliphatic hydroxyl groups excluding tert-OH is 1. The second kappa shape index (κ2) is 5.83. The highest BCUT2D eigenvalue weighted by Gasteiger charge is 2.35. The molecule has 0 radical (unpaired) electrons. The van der Waals surface area contributed by atoms with E-state index in [2.05, 4.69) is 10.2 Å². The van der Waals surface area contributed by atoms with Crippen LogP contribution in [0.15, 0.2) is 0 Å². The minimum absolute atomic E-state index is 0.0860. The Morgan fingerprint density at radius 1 is 1.18 bits per heavy atom. The maximum Gasteiger partial charge on any atom is 0.217 e. The van der Waals surface area contributed by atoms with Gasteiger partial charge in [-0.3, -0.25) is 9.69 Å².